The maximum atomic E-state index is 13.1. The zero-order valence-electron chi connectivity index (χ0n) is 13.6. The summed E-state index contributed by atoms with van der Waals surface area (Å²) < 4.78 is 14.8. The molecular weight excluding hydrogens is 279 g/mol. The Balaban J connectivity index is 2.54. The van der Waals surface area contributed by atoms with Gasteiger partial charge < -0.3 is 10.3 Å². The van der Waals surface area contributed by atoms with Gasteiger partial charge in [0.1, 0.15) is 5.82 Å². The Morgan fingerprint density at radius 1 is 1.18 bits per heavy atom. The summed E-state index contributed by atoms with van der Waals surface area (Å²) in [5.74, 6) is 0.0581. The molecule has 0 saturated carbocycles. The number of hydrogen-bond donors (Lipinski definition) is 1. The fraction of sp³-hybridized carbons (Fsp3) is 0.389. The van der Waals surface area contributed by atoms with Gasteiger partial charge in [0, 0.05) is 17.8 Å². The third-order valence-corrected chi connectivity index (χ3v) is 3.84. The lowest BCUT2D eigenvalue weighted by Crippen LogP contribution is -2.32. The molecular formula is C18H23FN2O. The van der Waals surface area contributed by atoms with Crippen LogP contribution in [-0.4, -0.2) is 4.57 Å². The predicted octanol–water partition coefficient (Wildman–Crippen LogP) is 3.31. The van der Waals surface area contributed by atoms with Crippen LogP contribution < -0.4 is 11.3 Å². The molecule has 0 aliphatic rings. The summed E-state index contributed by atoms with van der Waals surface area (Å²) >= 11 is 0. The Labute approximate surface area is 130 Å². The average Bonchev–Trinajstić information content (AvgIpc) is 2.43. The van der Waals surface area contributed by atoms with Gasteiger partial charge in [-0.25, -0.2) is 4.39 Å². The van der Waals surface area contributed by atoms with Gasteiger partial charge in [0.25, 0.3) is 5.56 Å². The van der Waals surface area contributed by atoms with Crippen LogP contribution in [0.4, 0.5) is 4.39 Å². The lowest BCUT2D eigenvalue weighted by Gasteiger charge is -2.20. The van der Waals surface area contributed by atoms with Crippen LogP contribution in [0.2, 0.25) is 0 Å². The van der Waals surface area contributed by atoms with Crippen LogP contribution in [0, 0.1) is 25.6 Å². The van der Waals surface area contributed by atoms with Crippen molar-refractivity contribution in [3.8, 4) is 0 Å². The van der Waals surface area contributed by atoms with Crippen LogP contribution in [0.5, 0.6) is 0 Å². The summed E-state index contributed by atoms with van der Waals surface area (Å²) in [5, 5.41) is 0. The third-order valence-electron chi connectivity index (χ3n) is 3.84. The Morgan fingerprint density at radius 3 is 2.32 bits per heavy atom. The van der Waals surface area contributed by atoms with Crippen LogP contribution in [0.1, 0.15) is 42.3 Å². The van der Waals surface area contributed by atoms with Crippen molar-refractivity contribution in [1.29, 1.82) is 0 Å². The number of rotatable bonds is 4. The van der Waals surface area contributed by atoms with Crippen LogP contribution in [-0.2, 0) is 6.54 Å². The molecule has 2 aromatic rings. The molecule has 1 aromatic heterocycles. The largest absolute Gasteiger partial charge is 0.320 e. The number of aromatic nitrogens is 1. The maximum absolute atomic E-state index is 13.1. The zero-order chi connectivity index (χ0) is 16.4. The molecule has 0 fully saturated rings. The van der Waals surface area contributed by atoms with Crippen molar-refractivity contribution in [2.24, 2.45) is 11.7 Å². The summed E-state index contributed by atoms with van der Waals surface area (Å²) in [4.78, 5) is 12.8. The standard InChI is InChI=1S/C18H23FN2O/c1-11(2)10-21-13(4)9-12(3)16(18(21)22)17(20)14-5-7-15(19)8-6-14/h5-9,11,17H,10,20H2,1-4H3. The predicted molar refractivity (Wildman–Crippen MR) is 87.4 cm³/mol. The van der Waals surface area contributed by atoms with E-state index in [1.54, 1.807) is 16.7 Å². The number of nitrogens with two attached hydrogens (primary N) is 1. The second-order valence-electron chi connectivity index (χ2n) is 6.22. The van der Waals surface area contributed by atoms with E-state index >= 15 is 0 Å². The molecule has 0 amide bonds. The molecule has 0 radical (unpaired) electrons. The SMILES string of the molecule is Cc1cc(C)n(CC(C)C)c(=O)c1C(N)c1ccc(F)cc1. The van der Waals surface area contributed by atoms with Gasteiger partial charge in [-0.1, -0.05) is 26.0 Å². The molecule has 2 rings (SSSR count). The Bertz CT molecular complexity index is 717. The highest BCUT2D eigenvalue weighted by Gasteiger charge is 2.19. The number of hydrogen-bond acceptors (Lipinski definition) is 2. The van der Waals surface area contributed by atoms with Gasteiger partial charge in [-0.3, -0.25) is 4.79 Å². The minimum atomic E-state index is -0.549. The van der Waals surface area contributed by atoms with E-state index in [0.717, 1.165) is 16.8 Å². The molecule has 0 saturated heterocycles. The molecule has 0 bridgehead atoms. The van der Waals surface area contributed by atoms with Crippen molar-refractivity contribution >= 4 is 0 Å². The summed E-state index contributed by atoms with van der Waals surface area (Å²) in [6.45, 7) is 8.64. The van der Waals surface area contributed by atoms with E-state index in [1.807, 2.05) is 19.9 Å². The second-order valence-corrected chi connectivity index (χ2v) is 6.22. The molecule has 3 nitrogen and oxygen atoms in total. The van der Waals surface area contributed by atoms with Gasteiger partial charge in [-0.15, -0.1) is 0 Å². The molecule has 1 unspecified atom stereocenters. The summed E-state index contributed by atoms with van der Waals surface area (Å²) in [6, 6.07) is 7.43. The minimum absolute atomic E-state index is 0.0528. The van der Waals surface area contributed by atoms with E-state index in [0.29, 0.717) is 18.0 Å². The van der Waals surface area contributed by atoms with Gasteiger partial charge in [0.2, 0.25) is 0 Å². The molecule has 4 heteroatoms. The number of halogens is 1. The van der Waals surface area contributed by atoms with Gasteiger partial charge in [0.15, 0.2) is 0 Å². The quantitative estimate of drug-likeness (QED) is 0.942. The van der Waals surface area contributed by atoms with E-state index in [9.17, 15) is 9.18 Å². The van der Waals surface area contributed by atoms with Gasteiger partial charge in [-0.05, 0) is 49.1 Å². The van der Waals surface area contributed by atoms with Crippen LogP contribution in [0.25, 0.3) is 0 Å². The van der Waals surface area contributed by atoms with Crippen molar-refractivity contribution < 1.29 is 4.39 Å². The molecule has 2 N–H and O–H groups in total. The monoisotopic (exact) mass is 302 g/mol. The Kier molecular flexibility index (Phi) is 4.81. The normalized spacial score (nSPS) is 12.7. The first-order valence-electron chi connectivity index (χ1n) is 7.53. The van der Waals surface area contributed by atoms with E-state index in [2.05, 4.69) is 13.8 Å². The van der Waals surface area contributed by atoms with Crippen LogP contribution >= 0.6 is 0 Å². The molecule has 1 aromatic carbocycles. The fourth-order valence-corrected chi connectivity index (χ4v) is 2.75. The summed E-state index contributed by atoms with van der Waals surface area (Å²) in [7, 11) is 0. The number of aryl methyl sites for hydroxylation is 2. The average molecular weight is 302 g/mol. The molecule has 22 heavy (non-hydrogen) atoms. The van der Waals surface area contributed by atoms with E-state index in [4.69, 9.17) is 5.73 Å². The summed E-state index contributed by atoms with van der Waals surface area (Å²) in [6.07, 6.45) is 0. The van der Waals surface area contributed by atoms with Gasteiger partial charge in [-0.2, -0.15) is 0 Å². The lowest BCUT2D eigenvalue weighted by molar-refractivity contribution is 0.497. The fourth-order valence-electron chi connectivity index (χ4n) is 2.75. The van der Waals surface area contributed by atoms with Crippen molar-refractivity contribution in [2.45, 2.75) is 40.3 Å². The molecule has 118 valence electrons. The molecule has 1 heterocycles. The first-order valence-corrected chi connectivity index (χ1v) is 7.53. The van der Waals surface area contributed by atoms with Crippen molar-refractivity contribution in [3.63, 3.8) is 0 Å². The molecule has 0 spiro atoms. The van der Waals surface area contributed by atoms with E-state index < -0.39 is 6.04 Å². The molecule has 0 aliphatic heterocycles. The van der Waals surface area contributed by atoms with Crippen molar-refractivity contribution in [3.05, 3.63) is 68.9 Å². The van der Waals surface area contributed by atoms with Gasteiger partial charge in [0.05, 0.1) is 6.04 Å². The van der Waals surface area contributed by atoms with E-state index in [-0.39, 0.29) is 11.4 Å². The second kappa shape index (κ2) is 6.44. The van der Waals surface area contributed by atoms with E-state index in [1.165, 1.54) is 12.1 Å². The lowest BCUT2D eigenvalue weighted by atomic mass is 9.96. The topological polar surface area (TPSA) is 48.0 Å². The first-order chi connectivity index (χ1) is 10.3. The highest BCUT2D eigenvalue weighted by molar-refractivity contribution is 5.36. The van der Waals surface area contributed by atoms with Crippen LogP contribution in [0.3, 0.4) is 0 Å². The zero-order valence-corrected chi connectivity index (χ0v) is 13.6. The Morgan fingerprint density at radius 2 is 1.77 bits per heavy atom. The number of pyridine rings is 1. The highest BCUT2D eigenvalue weighted by Crippen LogP contribution is 2.21. The number of nitrogens with zero attached hydrogens (tertiary/aromatic N) is 1. The van der Waals surface area contributed by atoms with Gasteiger partial charge >= 0.3 is 0 Å². The molecule has 0 aliphatic carbocycles. The highest BCUT2D eigenvalue weighted by atomic mass is 19.1. The van der Waals surface area contributed by atoms with Crippen molar-refractivity contribution in [1.82, 2.24) is 4.57 Å². The smallest absolute Gasteiger partial charge is 0.256 e. The third kappa shape index (κ3) is 3.28. The molecule has 1 atom stereocenters. The Hall–Kier alpha value is -1.94. The summed E-state index contributed by atoms with van der Waals surface area (Å²) in [5.41, 5.74) is 9.36. The maximum Gasteiger partial charge on any atom is 0.256 e. The van der Waals surface area contributed by atoms with Crippen LogP contribution in [0.15, 0.2) is 35.1 Å². The first kappa shape index (κ1) is 16.4. The van der Waals surface area contributed by atoms with Crippen molar-refractivity contribution in [2.75, 3.05) is 0 Å². The minimum Gasteiger partial charge on any atom is -0.320 e. The number of benzene rings is 1.